The predicted molar refractivity (Wildman–Crippen MR) is 140 cm³/mol. The molecule has 8 nitrogen and oxygen atoms in total. The SMILES string of the molecule is O=C(O)c1ccc(-c2ccc(NC(=O)c3cnc(N4CC(Oc5cc(F)ccc5Br)C4)cn3)cc2)cc1. The Morgan fingerprint density at radius 2 is 1.65 bits per heavy atom. The predicted octanol–water partition coefficient (Wildman–Crippen LogP) is 5.26. The fraction of sp³-hybridized carbons (Fsp3) is 0.111. The molecule has 0 atom stereocenters. The smallest absolute Gasteiger partial charge is 0.335 e. The number of carboxylic acids is 1. The van der Waals surface area contributed by atoms with Gasteiger partial charge in [0.25, 0.3) is 5.91 Å². The maximum absolute atomic E-state index is 13.4. The second-order valence-electron chi connectivity index (χ2n) is 8.39. The van der Waals surface area contributed by atoms with Crippen LogP contribution in [0.2, 0.25) is 0 Å². The van der Waals surface area contributed by atoms with Gasteiger partial charge in [-0.15, -0.1) is 0 Å². The molecule has 0 saturated carbocycles. The molecule has 37 heavy (non-hydrogen) atoms. The number of aromatic nitrogens is 2. The highest BCUT2D eigenvalue weighted by atomic mass is 79.9. The van der Waals surface area contributed by atoms with E-state index in [-0.39, 0.29) is 23.2 Å². The minimum Gasteiger partial charge on any atom is -0.485 e. The first-order chi connectivity index (χ1) is 17.9. The van der Waals surface area contributed by atoms with Crippen LogP contribution in [0.25, 0.3) is 11.1 Å². The van der Waals surface area contributed by atoms with Gasteiger partial charge in [0.15, 0.2) is 0 Å². The summed E-state index contributed by atoms with van der Waals surface area (Å²) in [7, 11) is 0. The van der Waals surface area contributed by atoms with E-state index in [0.29, 0.717) is 34.8 Å². The summed E-state index contributed by atoms with van der Waals surface area (Å²) >= 11 is 3.35. The number of ether oxygens (including phenoxy) is 1. The van der Waals surface area contributed by atoms with Crippen LogP contribution in [0.1, 0.15) is 20.8 Å². The Hall–Kier alpha value is -4.31. The van der Waals surface area contributed by atoms with Crippen LogP contribution in [0.3, 0.4) is 0 Å². The summed E-state index contributed by atoms with van der Waals surface area (Å²) < 4.78 is 20.0. The summed E-state index contributed by atoms with van der Waals surface area (Å²) in [6, 6.07) is 18.1. The lowest BCUT2D eigenvalue weighted by Gasteiger charge is -2.39. The largest absolute Gasteiger partial charge is 0.485 e. The Kier molecular flexibility index (Phi) is 6.82. The highest BCUT2D eigenvalue weighted by Crippen LogP contribution is 2.29. The number of rotatable bonds is 7. The van der Waals surface area contributed by atoms with Gasteiger partial charge in [0.05, 0.1) is 35.5 Å². The highest BCUT2D eigenvalue weighted by Gasteiger charge is 2.30. The van der Waals surface area contributed by atoms with Gasteiger partial charge in [-0.25, -0.2) is 19.2 Å². The van der Waals surface area contributed by atoms with Gasteiger partial charge in [0.1, 0.15) is 29.2 Å². The number of halogens is 2. The van der Waals surface area contributed by atoms with Gasteiger partial charge < -0.3 is 20.1 Å². The van der Waals surface area contributed by atoms with Crippen molar-refractivity contribution in [2.24, 2.45) is 0 Å². The second kappa shape index (κ2) is 10.4. The van der Waals surface area contributed by atoms with Crippen molar-refractivity contribution < 1.29 is 23.8 Å². The molecule has 0 spiro atoms. The summed E-state index contributed by atoms with van der Waals surface area (Å²) in [5, 5.41) is 11.8. The van der Waals surface area contributed by atoms with Gasteiger partial charge in [-0.1, -0.05) is 24.3 Å². The van der Waals surface area contributed by atoms with Crippen LogP contribution < -0.4 is 15.0 Å². The summed E-state index contributed by atoms with van der Waals surface area (Å²) in [6.07, 6.45) is 2.84. The minimum atomic E-state index is -0.974. The van der Waals surface area contributed by atoms with Crippen LogP contribution >= 0.6 is 15.9 Å². The molecule has 1 aromatic heterocycles. The topological polar surface area (TPSA) is 105 Å². The second-order valence-corrected chi connectivity index (χ2v) is 9.25. The number of carboxylic acid groups (broad SMARTS) is 1. The average molecular weight is 563 g/mol. The molecule has 5 rings (SSSR count). The van der Waals surface area contributed by atoms with Crippen molar-refractivity contribution in [3.63, 3.8) is 0 Å². The zero-order valence-electron chi connectivity index (χ0n) is 19.3. The molecule has 0 unspecified atom stereocenters. The van der Waals surface area contributed by atoms with Crippen LogP contribution in [-0.2, 0) is 0 Å². The van der Waals surface area contributed by atoms with E-state index in [4.69, 9.17) is 9.84 Å². The van der Waals surface area contributed by atoms with Crippen molar-refractivity contribution in [1.29, 1.82) is 0 Å². The third-order valence-corrected chi connectivity index (χ3v) is 6.49. The van der Waals surface area contributed by atoms with Crippen LogP contribution in [0, 0.1) is 5.82 Å². The molecule has 10 heteroatoms. The highest BCUT2D eigenvalue weighted by molar-refractivity contribution is 9.10. The van der Waals surface area contributed by atoms with Gasteiger partial charge in [0, 0.05) is 11.8 Å². The summed E-state index contributed by atoms with van der Waals surface area (Å²) in [4.78, 5) is 34.2. The molecule has 0 aliphatic carbocycles. The molecule has 1 amide bonds. The van der Waals surface area contributed by atoms with Gasteiger partial charge in [-0.3, -0.25) is 4.79 Å². The van der Waals surface area contributed by atoms with E-state index in [2.05, 4.69) is 31.2 Å². The van der Waals surface area contributed by atoms with Gasteiger partial charge in [0.2, 0.25) is 0 Å². The van der Waals surface area contributed by atoms with Crippen molar-refractivity contribution in [2.45, 2.75) is 6.10 Å². The first-order valence-corrected chi connectivity index (χ1v) is 12.1. The van der Waals surface area contributed by atoms with Gasteiger partial charge in [-0.05, 0) is 63.5 Å². The Morgan fingerprint density at radius 1 is 0.973 bits per heavy atom. The van der Waals surface area contributed by atoms with Crippen molar-refractivity contribution in [3.8, 4) is 16.9 Å². The number of carbonyl (C=O) groups is 2. The van der Waals surface area contributed by atoms with E-state index in [9.17, 15) is 14.0 Å². The lowest BCUT2D eigenvalue weighted by molar-refractivity contribution is 0.0696. The van der Waals surface area contributed by atoms with Crippen LogP contribution in [0.5, 0.6) is 5.75 Å². The molecular formula is C27H20BrFN4O4. The average Bonchev–Trinajstić information content (AvgIpc) is 2.88. The number of anilines is 2. The maximum atomic E-state index is 13.4. The van der Waals surface area contributed by atoms with Crippen molar-refractivity contribution in [1.82, 2.24) is 9.97 Å². The van der Waals surface area contributed by atoms with Gasteiger partial charge in [-0.2, -0.15) is 0 Å². The molecule has 1 aliphatic rings. The van der Waals surface area contributed by atoms with E-state index in [1.807, 2.05) is 17.0 Å². The number of nitrogens with one attached hydrogen (secondary N) is 1. The number of amides is 1. The Morgan fingerprint density at radius 3 is 2.27 bits per heavy atom. The third-order valence-electron chi connectivity index (χ3n) is 5.84. The van der Waals surface area contributed by atoms with E-state index in [1.54, 1.807) is 42.5 Å². The summed E-state index contributed by atoms with van der Waals surface area (Å²) in [6.45, 7) is 1.13. The monoisotopic (exact) mass is 562 g/mol. The van der Waals surface area contributed by atoms with Crippen LogP contribution in [0.4, 0.5) is 15.9 Å². The number of hydrogen-bond donors (Lipinski definition) is 2. The zero-order chi connectivity index (χ0) is 25.9. The minimum absolute atomic E-state index is 0.110. The fourth-order valence-electron chi connectivity index (χ4n) is 3.79. The standard InChI is InChI=1S/C27H20BrFN4O4/c28-22-10-7-19(29)11-24(22)37-21-14-33(15-21)25-13-30-23(12-31-25)26(34)32-20-8-5-17(6-9-20)16-1-3-18(4-2-16)27(35)36/h1-13,21H,14-15H2,(H,32,34)(H,35,36). The number of carbonyl (C=O) groups excluding carboxylic acids is 1. The van der Waals surface area contributed by atoms with Crippen LogP contribution in [-0.4, -0.2) is 46.1 Å². The molecule has 1 aliphatic heterocycles. The first-order valence-electron chi connectivity index (χ1n) is 11.3. The molecule has 0 radical (unpaired) electrons. The number of hydrogen-bond acceptors (Lipinski definition) is 6. The Bertz CT molecular complexity index is 1440. The quantitative estimate of drug-likeness (QED) is 0.316. The molecule has 1 saturated heterocycles. The molecule has 186 valence electrons. The van der Waals surface area contributed by atoms with E-state index >= 15 is 0 Å². The lowest BCUT2D eigenvalue weighted by Crippen LogP contribution is -2.54. The molecule has 4 aromatic rings. The van der Waals surface area contributed by atoms with Crippen molar-refractivity contribution in [3.05, 3.63) is 101 Å². The number of nitrogens with zero attached hydrogens (tertiary/aromatic N) is 3. The molecule has 2 heterocycles. The van der Waals surface area contributed by atoms with Crippen molar-refractivity contribution in [2.75, 3.05) is 23.3 Å². The van der Waals surface area contributed by atoms with Gasteiger partial charge >= 0.3 is 5.97 Å². The van der Waals surface area contributed by atoms with E-state index in [1.165, 1.54) is 24.5 Å². The van der Waals surface area contributed by atoms with Crippen molar-refractivity contribution >= 4 is 39.3 Å². The zero-order valence-corrected chi connectivity index (χ0v) is 20.9. The lowest BCUT2D eigenvalue weighted by atomic mass is 10.0. The van der Waals surface area contributed by atoms with E-state index < -0.39 is 11.9 Å². The van der Waals surface area contributed by atoms with Crippen LogP contribution in [0.15, 0.2) is 83.6 Å². The molecule has 0 bridgehead atoms. The summed E-state index contributed by atoms with van der Waals surface area (Å²) in [5.41, 5.74) is 2.74. The third kappa shape index (κ3) is 5.59. The maximum Gasteiger partial charge on any atom is 0.335 e. The normalized spacial score (nSPS) is 13.1. The summed E-state index contributed by atoms with van der Waals surface area (Å²) in [5.74, 6) is -0.659. The first kappa shape index (κ1) is 24.4. The molecular weight excluding hydrogens is 543 g/mol. The molecule has 1 fully saturated rings. The number of benzene rings is 3. The van der Waals surface area contributed by atoms with E-state index in [0.717, 1.165) is 11.1 Å². The molecule has 2 N–H and O–H groups in total. The molecule has 3 aromatic carbocycles. The Labute approximate surface area is 219 Å². The fourth-order valence-corrected chi connectivity index (χ4v) is 4.14. The number of aromatic carboxylic acids is 1. The Balaban J connectivity index is 1.15.